The number of hydrogen-bond acceptors (Lipinski definition) is 8. The molecular weight excluding hydrogens is 408 g/mol. The molecule has 1 aromatic carbocycles. The van der Waals surface area contributed by atoms with Gasteiger partial charge < -0.3 is 24.1 Å². The lowest BCUT2D eigenvalue weighted by molar-refractivity contribution is -0.116. The van der Waals surface area contributed by atoms with E-state index in [4.69, 9.17) is 13.9 Å². The Bertz CT molecular complexity index is 956. The van der Waals surface area contributed by atoms with Gasteiger partial charge >= 0.3 is 0 Å². The molecule has 10 heteroatoms. The Balaban J connectivity index is 1.56. The first-order chi connectivity index (χ1) is 14.6. The molecule has 0 unspecified atom stereocenters. The summed E-state index contributed by atoms with van der Waals surface area (Å²) in [5.74, 6) is 0.420. The first-order valence-electron chi connectivity index (χ1n) is 9.20. The zero-order valence-electron chi connectivity index (χ0n) is 16.7. The Labute approximate surface area is 177 Å². The zero-order valence-corrected chi connectivity index (χ0v) is 17.5. The van der Waals surface area contributed by atoms with Crippen molar-refractivity contribution in [3.05, 3.63) is 48.4 Å². The Kier molecular flexibility index (Phi) is 7.52. The first-order valence-corrected chi connectivity index (χ1v) is 10.0. The third kappa shape index (κ3) is 5.65. The maximum atomic E-state index is 12.5. The monoisotopic (exact) mass is 430 g/mol. The van der Waals surface area contributed by atoms with Gasteiger partial charge in [-0.25, -0.2) is 0 Å². The van der Waals surface area contributed by atoms with E-state index in [0.29, 0.717) is 23.3 Å². The number of carbonyl (C=O) groups excluding carboxylic acids is 2. The van der Waals surface area contributed by atoms with Crippen LogP contribution >= 0.6 is 11.3 Å². The van der Waals surface area contributed by atoms with Crippen LogP contribution in [-0.2, 0) is 9.53 Å². The quantitative estimate of drug-likeness (QED) is 0.527. The summed E-state index contributed by atoms with van der Waals surface area (Å²) < 4.78 is 15.4. The van der Waals surface area contributed by atoms with E-state index in [1.54, 1.807) is 26.4 Å². The topological polar surface area (TPSA) is 107 Å². The molecule has 0 radical (unpaired) electrons. The number of nitrogens with zero attached hydrogens (tertiary/aromatic N) is 3. The second-order valence-electron chi connectivity index (χ2n) is 6.20. The van der Waals surface area contributed by atoms with Crippen molar-refractivity contribution >= 4 is 28.3 Å². The highest BCUT2D eigenvalue weighted by molar-refractivity contribution is 7.18. The van der Waals surface area contributed by atoms with Crippen LogP contribution in [0.5, 0.6) is 5.75 Å². The predicted molar refractivity (Wildman–Crippen MR) is 112 cm³/mol. The van der Waals surface area contributed by atoms with Crippen LogP contribution < -0.4 is 10.1 Å². The Morgan fingerprint density at radius 3 is 2.60 bits per heavy atom. The first kappa shape index (κ1) is 21.5. The van der Waals surface area contributed by atoms with Crippen LogP contribution in [0, 0.1) is 0 Å². The molecule has 30 heavy (non-hydrogen) atoms. The van der Waals surface area contributed by atoms with Crippen molar-refractivity contribution < 1.29 is 23.5 Å². The summed E-state index contributed by atoms with van der Waals surface area (Å²) in [5, 5.41) is 11.9. The molecule has 0 saturated carbocycles. The molecule has 0 aliphatic carbocycles. The number of ether oxygens (including phenoxy) is 2. The third-order valence-corrected chi connectivity index (χ3v) is 5.09. The minimum absolute atomic E-state index is 0.105. The Hall–Kier alpha value is -3.24. The number of methoxy groups -OCH3 is 2. The van der Waals surface area contributed by atoms with E-state index in [0.717, 1.165) is 11.3 Å². The fraction of sp³-hybridized carbons (Fsp3) is 0.300. The van der Waals surface area contributed by atoms with E-state index in [-0.39, 0.29) is 30.5 Å². The number of rotatable bonds is 10. The highest BCUT2D eigenvalue weighted by Gasteiger charge is 2.19. The van der Waals surface area contributed by atoms with Gasteiger partial charge in [0, 0.05) is 32.2 Å². The van der Waals surface area contributed by atoms with Gasteiger partial charge in [-0.3, -0.25) is 9.59 Å². The van der Waals surface area contributed by atoms with Crippen molar-refractivity contribution in [3.8, 4) is 16.3 Å². The van der Waals surface area contributed by atoms with Crippen molar-refractivity contribution in [1.82, 2.24) is 15.1 Å². The lowest BCUT2D eigenvalue weighted by Gasteiger charge is -2.20. The maximum absolute atomic E-state index is 12.5. The number of furan rings is 1. The van der Waals surface area contributed by atoms with Crippen LogP contribution in [0.2, 0.25) is 0 Å². The number of amides is 2. The number of nitrogens with one attached hydrogen (secondary N) is 1. The molecule has 0 atom stereocenters. The zero-order chi connectivity index (χ0) is 21.3. The molecular formula is C20H22N4O5S. The predicted octanol–water partition coefficient (Wildman–Crippen LogP) is 2.92. The summed E-state index contributed by atoms with van der Waals surface area (Å²) in [7, 11) is 3.16. The van der Waals surface area contributed by atoms with Gasteiger partial charge in [-0.2, -0.15) is 0 Å². The molecule has 0 bridgehead atoms. The molecule has 9 nitrogen and oxygen atoms in total. The number of carbonyl (C=O) groups is 2. The molecule has 2 aromatic heterocycles. The van der Waals surface area contributed by atoms with Gasteiger partial charge in [0.1, 0.15) is 10.8 Å². The second-order valence-corrected chi connectivity index (χ2v) is 7.18. The Morgan fingerprint density at radius 1 is 1.13 bits per heavy atom. The summed E-state index contributed by atoms with van der Waals surface area (Å²) in [6, 6.07) is 10.6. The minimum Gasteiger partial charge on any atom is -0.497 e. The third-order valence-electron chi connectivity index (χ3n) is 4.20. The second kappa shape index (κ2) is 10.5. The standard InChI is InChI=1S/C20H22N4O5S/c1-27-13-11-24(19(26)16-4-3-12-29-16)10-9-17(25)21-20-23-22-18(30-20)14-5-7-15(28-2)8-6-14/h3-8,12H,9-11,13H2,1-2H3,(H,21,23,25). The molecule has 3 rings (SSSR count). The van der Waals surface area contributed by atoms with E-state index in [9.17, 15) is 9.59 Å². The SMILES string of the molecule is COCCN(CCC(=O)Nc1nnc(-c2ccc(OC)cc2)s1)C(=O)c1ccco1. The van der Waals surface area contributed by atoms with Crippen LogP contribution in [0.25, 0.3) is 10.6 Å². The molecule has 0 aliphatic rings. The van der Waals surface area contributed by atoms with Crippen LogP contribution in [0.4, 0.5) is 5.13 Å². The van der Waals surface area contributed by atoms with Crippen molar-refractivity contribution in [3.63, 3.8) is 0 Å². The summed E-state index contributed by atoms with van der Waals surface area (Å²) in [6.45, 7) is 0.929. The Morgan fingerprint density at radius 2 is 1.93 bits per heavy atom. The summed E-state index contributed by atoms with van der Waals surface area (Å²) >= 11 is 1.27. The molecule has 0 saturated heterocycles. The van der Waals surface area contributed by atoms with Gasteiger partial charge in [-0.05, 0) is 36.4 Å². The molecule has 0 spiro atoms. The van der Waals surface area contributed by atoms with E-state index in [2.05, 4.69) is 15.5 Å². The number of benzene rings is 1. The van der Waals surface area contributed by atoms with Crippen LogP contribution in [0.1, 0.15) is 17.0 Å². The average molecular weight is 430 g/mol. The highest BCUT2D eigenvalue weighted by Crippen LogP contribution is 2.27. The van der Waals surface area contributed by atoms with E-state index >= 15 is 0 Å². The van der Waals surface area contributed by atoms with Gasteiger partial charge in [0.25, 0.3) is 5.91 Å². The van der Waals surface area contributed by atoms with Gasteiger partial charge in [-0.1, -0.05) is 11.3 Å². The lowest BCUT2D eigenvalue weighted by Crippen LogP contribution is -2.36. The van der Waals surface area contributed by atoms with Crippen molar-refractivity contribution in [2.24, 2.45) is 0 Å². The molecule has 2 amide bonds. The molecule has 3 aromatic rings. The van der Waals surface area contributed by atoms with Crippen molar-refractivity contribution in [2.75, 3.05) is 39.2 Å². The number of hydrogen-bond donors (Lipinski definition) is 1. The normalized spacial score (nSPS) is 10.6. The van der Waals surface area contributed by atoms with Gasteiger partial charge in [-0.15, -0.1) is 10.2 Å². The number of aromatic nitrogens is 2. The fourth-order valence-electron chi connectivity index (χ4n) is 2.61. The molecule has 1 N–H and O–H groups in total. The number of anilines is 1. The average Bonchev–Trinajstić information content (AvgIpc) is 3.46. The molecule has 0 fully saturated rings. The maximum Gasteiger partial charge on any atom is 0.289 e. The largest absolute Gasteiger partial charge is 0.497 e. The van der Waals surface area contributed by atoms with E-state index in [1.807, 2.05) is 24.3 Å². The van der Waals surface area contributed by atoms with E-state index < -0.39 is 0 Å². The van der Waals surface area contributed by atoms with Gasteiger partial charge in [0.15, 0.2) is 5.76 Å². The minimum atomic E-state index is -0.289. The van der Waals surface area contributed by atoms with Crippen LogP contribution in [-0.4, -0.2) is 60.8 Å². The fourth-order valence-corrected chi connectivity index (χ4v) is 3.38. The highest BCUT2D eigenvalue weighted by atomic mass is 32.1. The molecule has 0 aliphatic heterocycles. The van der Waals surface area contributed by atoms with E-state index in [1.165, 1.54) is 22.5 Å². The van der Waals surface area contributed by atoms with Gasteiger partial charge in [0.05, 0.1) is 20.0 Å². The van der Waals surface area contributed by atoms with Crippen molar-refractivity contribution in [1.29, 1.82) is 0 Å². The summed E-state index contributed by atoms with van der Waals surface area (Å²) in [5.41, 5.74) is 0.878. The summed E-state index contributed by atoms with van der Waals surface area (Å²) in [4.78, 5) is 26.4. The lowest BCUT2D eigenvalue weighted by atomic mass is 10.2. The van der Waals surface area contributed by atoms with Crippen LogP contribution in [0.3, 0.4) is 0 Å². The molecule has 2 heterocycles. The van der Waals surface area contributed by atoms with Crippen LogP contribution in [0.15, 0.2) is 47.1 Å². The summed E-state index contributed by atoms with van der Waals surface area (Å²) in [6.07, 6.45) is 1.54. The van der Waals surface area contributed by atoms with Crippen molar-refractivity contribution in [2.45, 2.75) is 6.42 Å². The smallest absolute Gasteiger partial charge is 0.289 e. The molecule has 158 valence electrons. The van der Waals surface area contributed by atoms with Gasteiger partial charge in [0.2, 0.25) is 11.0 Å².